The van der Waals surface area contributed by atoms with Gasteiger partial charge in [0.25, 0.3) is 0 Å². The Morgan fingerprint density at radius 3 is 2.92 bits per heavy atom. The van der Waals surface area contributed by atoms with E-state index in [4.69, 9.17) is 22.1 Å². The molecule has 0 aliphatic heterocycles. The van der Waals surface area contributed by atoms with E-state index in [9.17, 15) is 0 Å². The third-order valence-electron chi connectivity index (χ3n) is 1.62. The van der Waals surface area contributed by atoms with Gasteiger partial charge in [-0.3, -0.25) is 0 Å². The number of rotatable bonds is 4. The quantitative estimate of drug-likeness (QED) is 0.778. The van der Waals surface area contributed by atoms with Gasteiger partial charge in [0.2, 0.25) is 0 Å². The first kappa shape index (κ1) is 10.2. The molecule has 0 spiro atoms. The van der Waals surface area contributed by atoms with Crippen LogP contribution in [0.1, 0.15) is 0 Å². The molecular formula is C9H13ClN2O. The Kier molecular flexibility index (Phi) is 3.86. The molecule has 0 saturated carbocycles. The van der Waals surface area contributed by atoms with Gasteiger partial charge >= 0.3 is 0 Å². The van der Waals surface area contributed by atoms with Gasteiger partial charge in [0, 0.05) is 24.2 Å². The number of nitrogens with one attached hydrogen (secondary N) is 1. The molecule has 0 unspecified atom stereocenters. The summed E-state index contributed by atoms with van der Waals surface area (Å²) in [4.78, 5) is 0. The van der Waals surface area contributed by atoms with Crippen LogP contribution in [0.15, 0.2) is 18.2 Å². The number of halogens is 1. The van der Waals surface area contributed by atoms with Crippen molar-refractivity contribution in [2.75, 3.05) is 25.5 Å². The molecule has 0 radical (unpaired) electrons. The van der Waals surface area contributed by atoms with Crippen LogP contribution in [-0.4, -0.2) is 20.2 Å². The second-order valence-electron chi connectivity index (χ2n) is 2.56. The molecule has 0 aliphatic carbocycles. The summed E-state index contributed by atoms with van der Waals surface area (Å²) in [5.41, 5.74) is 6.28. The molecule has 0 aliphatic rings. The van der Waals surface area contributed by atoms with Crippen molar-refractivity contribution >= 4 is 17.3 Å². The Hall–Kier alpha value is -0.930. The lowest BCUT2D eigenvalue weighted by Gasteiger charge is -2.10. The van der Waals surface area contributed by atoms with Gasteiger partial charge in [0.1, 0.15) is 5.75 Å². The molecule has 0 atom stereocenters. The largest absolute Gasteiger partial charge is 0.495 e. The number of methoxy groups -OCH3 is 1. The molecule has 0 heterocycles. The second-order valence-corrected chi connectivity index (χ2v) is 3.00. The number of anilines is 1. The fourth-order valence-electron chi connectivity index (χ4n) is 1.02. The topological polar surface area (TPSA) is 47.3 Å². The summed E-state index contributed by atoms with van der Waals surface area (Å²) >= 11 is 5.80. The normalized spacial score (nSPS) is 9.77. The third-order valence-corrected chi connectivity index (χ3v) is 1.86. The Bertz CT molecular complexity index is 278. The Labute approximate surface area is 82.8 Å². The van der Waals surface area contributed by atoms with Crippen LogP contribution in [0.25, 0.3) is 0 Å². The van der Waals surface area contributed by atoms with Crippen molar-refractivity contribution in [1.29, 1.82) is 0 Å². The van der Waals surface area contributed by atoms with Gasteiger partial charge < -0.3 is 15.8 Å². The van der Waals surface area contributed by atoms with Gasteiger partial charge in [0.05, 0.1) is 12.8 Å². The average molecular weight is 201 g/mol. The summed E-state index contributed by atoms with van der Waals surface area (Å²) in [6.07, 6.45) is 0. The first-order chi connectivity index (χ1) is 6.27. The van der Waals surface area contributed by atoms with Crippen molar-refractivity contribution in [3.63, 3.8) is 0 Å². The fourth-order valence-corrected chi connectivity index (χ4v) is 1.18. The van der Waals surface area contributed by atoms with Gasteiger partial charge in [-0.25, -0.2) is 0 Å². The zero-order valence-electron chi connectivity index (χ0n) is 7.51. The molecule has 0 saturated heterocycles. The number of hydrogen-bond acceptors (Lipinski definition) is 3. The van der Waals surface area contributed by atoms with Crippen LogP contribution in [0.3, 0.4) is 0 Å². The summed E-state index contributed by atoms with van der Waals surface area (Å²) in [6.45, 7) is 1.31. The first-order valence-corrected chi connectivity index (χ1v) is 4.43. The van der Waals surface area contributed by atoms with E-state index in [0.29, 0.717) is 11.6 Å². The molecular weight excluding hydrogens is 188 g/mol. The molecule has 4 heteroatoms. The molecule has 0 amide bonds. The van der Waals surface area contributed by atoms with Crippen LogP contribution < -0.4 is 15.8 Å². The molecule has 0 fully saturated rings. The minimum absolute atomic E-state index is 0.589. The van der Waals surface area contributed by atoms with E-state index in [0.717, 1.165) is 18.0 Å². The SMILES string of the molecule is COc1cc(Cl)ccc1NCCN. The van der Waals surface area contributed by atoms with Crippen LogP contribution >= 0.6 is 11.6 Å². The highest BCUT2D eigenvalue weighted by Gasteiger charge is 2.01. The van der Waals surface area contributed by atoms with E-state index in [1.807, 2.05) is 12.1 Å². The van der Waals surface area contributed by atoms with Gasteiger partial charge in [-0.05, 0) is 12.1 Å². The molecule has 1 aromatic rings. The summed E-state index contributed by atoms with van der Waals surface area (Å²) in [5, 5.41) is 3.79. The standard InChI is InChI=1S/C9H13ClN2O/c1-13-9-6-7(10)2-3-8(9)12-5-4-11/h2-3,6,12H,4-5,11H2,1H3. The number of ether oxygens (including phenoxy) is 1. The predicted octanol–water partition coefficient (Wildman–Crippen LogP) is 1.72. The van der Waals surface area contributed by atoms with Gasteiger partial charge in [0.15, 0.2) is 0 Å². The van der Waals surface area contributed by atoms with E-state index in [-0.39, 0.29) is 0 Å². The minimum Gasteiger partial charge on any atom is -0.495 e. The summed E-state index contributed by atoms with van der Waals surface area (Å²) in [7, 11) is 1.61. The van der Waals surface area contributed by atoms with E-state index in [1.54, 1.807) is 13.2 Å². The highest BCUT2D eigenvalue weighted by Crippen LogP contribution is 2.27. The van der Waals surface area contributed by atoms with Gasteiger partial charge in [-0.1, -0.05) is 11.6 Å². The van der Waals surface area contributed by atoms with Crippen molar-refractivity contribution < 1.29 is 4.74 Å². The molecule has 0 bridgehead atoms. The van der Waals surface area contributed by atoms with Crippen molar-refractivity contribution in [2.45, 2.75) is 0 Å². The lowest BCUT2D eigenvalue weighted by molar-refractivity contribution is 0.416. The highest BCUT2D eigenvalue weighted by atomic mass is 35.5. The average Bonchev–Trinajstić information content (AvgIpc) is 2.16. The maximum atomic E-state index is 5.80. The zero-order valence-corrected chi connectivity index (χ0v) is 8.27. The van der Waals surface area contributed by atoms with E-state index < -0.39 is 0 Å². The smallest absolute Gasteiger partial charge is 0.143 e. The Morgan fingerprint density at radius 1 is 1.54 bits per heavy atom. The molecule has 1 rings (SSSR count). The van der Waals surface area contributed by atoms with Gasteiger partial charge in [-0.15, -0.1) is 0 Å². The maximum Gasteiger partial charge on any atom is 0.143 e. The second kappa shape index (κ2) is 4.94. The van der Waals surface area contributed by atoms with E-state index >= 15 is 0 Å². The van der Waals surface area contributed by atoms with Crippen molar-refractivity contribution in [3.8, 4) is 5.75 Å². The van der Waals surface area contributed by atoms with E-state index in [1.165, 1.54) is 0 Å². The first-order valence-electron chi connectivity index (χ1n) is 4.05. The zero-order chi connectivity index (χ0) is 9.68. The maximum absolute atomic E-state index is 5.80. The number of benzene rings is 1. The lowest BCUT2D eigenvalue weighted by Crippen LogP contribution is -2.13. The monoisotopic (exact) mass is 200 g/mol. The summed E-state index contributed by atoms with van der Waals surface area (Å²) in [6, 6.07) is 5.44. The number of hydrogen-bond donors (Lipinski definition) is 2. The van der Waals surface area contributed by atoms with Crippen LogP contribution in [0.2, 0.25) is 5.02 Å². The predicted molar refractivity (Wildman–Crippen MR) is 55.5 cm³/mol. The van der Waals surface area contributed by atoms with E-state index in [2.05, 4.69) is 5.32 Å². The van der Waals surface area contributed by atoms with Crippen LogP contribution in [0, 0.1) is 0 Å². The molecule has 72 valence electrons. The fraction of sp³-hybridized carbons (Fsp3) is 0.333. The molecule has 1 aromatic carbocycles. The van der Waals surface area contributed by atoms with Crippen molar-refractivity contribution in [2.24, 2.45) is 5.73 Å². The Balaban J connectivity index is 2.79. The van der Waals surface area contributed by atoms with Crippen molar-refractivity contribution in [3.05, 3.63) is 23.2 Å². The highest BCUT2D eigenvalue weighted by molar-refractivity contribution is 6.30. The molecule has 3 N–H and O–H groups in total. The van der Waals surface area contributed by atoms with Crippen LogP contribution in [0.4, 0.5) is 5.69 Å². The minimum atomic E-state index is 0.589. The third kappa shape index (κ3) is 2.79. The lowest BCUT2D eigenvalue weighted by atomic mass is 10.3. The van der Waals surface area contributed by atoms with Crippen molar-refractivity contribution in [1.82, 2.24) is 0 Å². The summed E-state index contributed by atoms with van der Waals surface area (Å²) < 4.78 is 5.14. The van der Waals surface area contributed by atoms with Gasteiger partial charge in [-0.2, -0.15) is 0 Å². The summed E-state index contributed by atoms with van der Waals surface area (Å²) in [5.74, 6) is 0.737. The molecule has 13 heavy (non-hydrogen) atoms. The van der Waals surface area contributed by atoms with Crippen LogP contribution in [0.5, 0.6) is 5.75 Å². The molecule has 0 aromatic heterocycles. The molecule has 3 nitrogen and oxygen atoms in total. The Morgan fingerprint density at radius 2 is 2.31 bits per heavy atom. The number of nitrogens with two attached hydrogens (primary N) is 1. The van der Waals surface area contributed by atoms with Crippen LogP contribution in [-0.2, 0) is 0 Å².